The van der Waals surface area contributed by atoms with Crippen LogP contribution in [0.25, 0.3) is 0 Å². The van der Waals surface area contributed by atoms with Crippen LogP contribution < -0.4 is 0 Å². The second-order valence-electron chi connectivity index (χ2n) is 6.66. The number of hydrogen-bond donors (Lipinski definition) is 1. The second-order valence-corrected chi connectivity index (χ2v) is 8.63. The fraction of sp³-hybridized carbons (Fsp3) is 0.368. The predicted molar refractivity (Wildman–Crippen MR) is 96.8 cm³/mol. The van der Waals surface area contributed by atoms with Gasteiger partial charge in [-0.05, 0) is 41.3 Å². The summed E-state index contributed by atoms with van der Waals surface area (Å²) in [4.78, 5) is 0. The molecule has 0 saturated heterocycles. The van der Waals surface area contributed by atoms with Crippen molar-refractivity contribution < 1.29 is 22.3 Å². The molecule has 0 aliphatic carbocycles. The smallest absolute Gasteiger partial charge is 0.218 e. The number of sulfonamides is 1. The van der Waals surface area contributed by atoms with Crippen LogP contribution in [0.3, 0.4) is 0 Å². The lowest BCUT2D eigenvalue weighted by Crippen LogP contribution is -2.38. The third-order valence-electron chi connectivity index (χ3n) is 3.86. The molecule has 142 valence electrons. The van der Waals surface area contributed by atoms with E-state index < -0.39 is 27.8 Å². The normalized spacial score (nSPS) is 13.3. The van der Waals surface area contributed by atoms with Gasteiger partial charge < -0.3 is 5.11 Å². The molecule has 0 aliphatic heterocycles. The molecule has 2 rings (SSSR count). The summed E-state index contributed by atoms with van der Waals surface area (Å²) in [5.74, 6) is -1.09. The monoisotopic (exact) mass is 383 g/mol. The zero-order valence-electron chi connectivity index (χ0n) is 14.8. The number of rotatable bonds is 8. The molecule has 0 aliphatic rings. The van der Waals surface area contributed by atoms with E-state index in [2.05, 4.69) is 0 Å². The van der Waals surface area contributed by atoms with Gasteiger partial charge in [-0.3, -0.25) is 0 Å². The molecule has 1 atom stereocenters. The largest absolute Gasteiger partial charge is 0.387 e. The predicted octanol–water partition coefficient (Wildman–Crippen LogP) is 3.49. The maximum Gasteiger partial charge on any atom is 0.218 e. The van der Waals surface area contributed by atoms with Crippen LogP contribution >= 0.6 is 0 Å². The topological polar surface area (TPSA) is 57.6 Å². The van der Waals surface area contributed by atoms with Gasteiger partial charge in [0, 0.05) is 13.1 Å². The van der Waals surface area contributed by atoms with E-state index in [0.29, 0.717) is 11.1 Å². The summed E-state index contributed by atoms with van der Waals surface area (Å²) in [5, 5.41) is 10.4. The van der Waals surface area contributed by atoms with E-state index in [9.17, 15) is 22.3 Å². The first-order chi connectivity index (χ1) is 12.2. The van der Waals surface area contributed by atoms with Crippen molar-refractivity contribution in [1.82, 2.24) is 4.31 Å². The lowest BCUT2D eigenvalue weighted by atomic mass is 10.1. The van der Waals surface area contributed by atoms with Gasteiger partial charge >= 0.3 is 0 Å². The van der Waals surface area contributed by atoms with Gasteiger partial charge in [0.2, 0.25) is 10.0 Å². The summed E-state index contributed by atoms with van der Waals surface area (Å²) >= 11 is 0. The zero-order valence-corrected chi connectivity index (χ0v) is 15.6. The van der Waals surface area contributed by atoms with E-state index in [1.165, 1.54) is 52.8 Å². The van der Waals surface area contributed by atoms with Crippen molar-refractivity contribution in [3.8, 4) is 0 Å². The lowest BCUT2D eigenvalue weighted by Gasteiger charge is -2.26. The number of nitrogens with zero attached hydrogens (tertiary/aromatic N) is 1. The van der Waals surface area contributed by atoms with Crippen LogP contribution in [0.5, 0.6) is 0 Å². The number of hydrogen-bond acceptors (Lipinski definition) is 3. The van der Waals surface area contributed by atoms with Crippen molar-refractivity contribution in [2.45, 2.75) is 25.7 Å². The minimum Gasteiger partial charge on any atom is -0.387 e. The molecule has 1 unspecified atom stereocenters. The van der Waals surface area contributed by atoms with Gasteiger partial charge in [-0.15, -0.1) is 0 Å². The summed E-state index contributed by atoms with van der Waals surface area (Å²) < 4.78 is 52.9. The highest BCUT2D eigenvalue weighted by Gasteiger charge is 2.26. The molecular weight excluding hydrogens is 360 g/mol. The molecule has 4 nitrogen and oxygen atoms in total. The lowest BCUT2D eigenvalue weighted by molar-refractivity contribution is 0.143. The molecule has 0 bridgehead atoms. The van der Waals surface area contributed by atoms with Crippen molar-refractivity contribution in [3.63, 3.8) is 0 Å². The van der Waals surface area contributed by atoms with Crippen LogP contribution in [0.2, 0.25) is 0 Å². The van der Waals surface area contributed by atoms with E-state index in [-0.39, 0.29) is 24.8 Å². The van der Waals surface area contributed by atoms with Crippen LogP contribution in [-0.4, -0.2) is 30.9 Å². The van der Waals surface area contributed by atoms with E-state index in [1.807, 2.05) is 13.8 Å². The highest BCUT2D eigenvalue weighted by atomic mass is 32.2. The van der Waals surface area contributed by atoms with Gasteiger partial charge in [-0.1, -0.05) is 38.1 Å². The zero-order chi connectivity index (χ0) is 19.3. The first kappa shape index (κ1) is 20.5. The maximum absolute atomic E-state index is 13.0. The van der Waals surface area contributed by atoms with Gasteiger partial charge in [-0.2, -0.15) is 4.31 Å². The van der Waals surface area contributed by atoms with Crippen molar-refractivity contribution in [2.75, 3.05) is 13.1 Å². The Labute approximate surface area is 153 Å². The Bertz CT molecular complexity index is 806. The summed E-state index contributed by atoms with van der Waals surface area (Å²) in [6, 6.07) is 10.6. The van der Waals surface area contributed by atoms with Crippen LogP contribution in [0, 0.1) is 17.6 Å². The fourth-order valence-corrected chi connectivity index (χ4v) is 4.26. The molecule has 0 spiro atoms. The first-order valence-corrected chi connectivity index (χ1v) is 9.94. The molecule has 0 aromatic heterocycles. The Morgan fingerprint density at radius 3 is 1.92 bits per heavy atom. The first-order valence-electron chi connectivity index (χ1n) is 8.33. The SMILES string of the molecule is CC(C)CN(CC(O)c1ccc(F)cc1)S(=O)(=O)Cc1ccc(F)cc1. The van der Waals surface area contributed by atoms with Gasteiger partial charge in [0.05, 0.1) is 11.9 Å². The van der Waals surface area contributed by atoms with E-state index in [1.54, 1.807) is 0 Å². The molecule has 0 fully saturated rings. The minimum atomic E-state index is -3.72. The maximum atomic E-state index is 13.0. The standard InChI is InChI=1S/C19H23F2NO3S/c1-14(2)11-22(12-19(23)16-5-9-18(21)10-6-16)26(24,25)13-15-3-7-17(20)8-4-15/h3-10,14,19,23H,11-13H2,1-2H3. The molecule has 0 saturated carbocycles. The van der Waals surface area contributed by atoms with Crippen LogP contribution in [-0.2, 0) is 15.8 Å². The molecule has 26 heavy (non-hydrogen) atoms. The highest BCUT2D eigenvalue weighted by molar-refractivity contribution is 7.88. The van der Waals surface area contributed by atoms with E-state index in [0.717, 1.165) is 0 Å². The van der Waals surface area contributed by atoms with Crippen molar-refractivity contribution in [3.05, 3.63) is 71.3 Å². The summed E-state index contributed by atoms with van der Waals surface area (Å²) in [5.41, 5.74) is 0.911. The van der Waals surface area contributed by atoms with E-state index in [4.69, 9.17) is 0 Å². The van der Waals surface area contributed by atoms with E-state index >= 15 is 0 Å². The summed E-state index contributed by atoms with van der Waals surface area (Å²) in [7, 11) is -3.72. The third kappa shape index (κ3) is 5.86. The van der Waals surface area contributed by atoms with Crippen LogP contribution in [0.1, 0.15) is 31.1 Å². The Hall–Kier alpha value is -1.83. The Kier molecular flexibility index (Phi) is 6.86. The van der Waals surface area contributed by atoms with Gasteiger partial charge in [-0.25, -0.2) is 17.2 Å². The van der Waals surface area contributed by atoms with Crippen LogP contribution in [0.15, 0.2) is 48.5 Å². The quantitative estimate of drug-likeness (QED) is 0.759. The number of aliphatic hydroxyl groups is 1. The van der Waals surface area contributed by atoms with Gasteiger partial charge in [0.1, 0.15) is 11.6 Å². The molecule has 0 heterocycles. The Balaban J connectivity index is 2.18. The molecule has 0 radical (unpaired) electrons. The van der Waals surface area contributed by atoms with Crippen molar-refractivity contribution in [2.24, 2.45) is 5.92 Å². The number of aliphatic hydroxyl groups excluding tert-OH is 1. The average molecular weight is 383 g/mol. The summed E-state index contributed by atoms with van der Waals surface area (Å²) in [6.07, 6.45) is -1.07. The number of benzene rings is 2. The number of halogens is 2. The minimum absolute atomic E-state index is 0.0541. The molecular formula is C19H23F2NO3S. The Morgan fingerprint density at radius 1 is 0.923 bits per heavy atom. The van der Waals surface area contributed by atoms with Crippen molar-refractivity contribution in [1.29, 1.82) is 0 Å². The van der Waals surface area contributed by atoms with Gasteiger partial charge in [0.25, 0.3) is 0 Å². The fourth-order valence-electron chi connectivity index (χ4n) is 2.57. The summed E-state index contributed by atoms with van der Waals surface area (Å²) in [6.45, 7) is 3.87. The Morgan fingerprint density at radius 2 is 1.42 bits per heavy atom. The molecule has 7 heteroatoms. The third-order valence-corrected chi connectivity index (χ3v) is 5.64. The molecule has 0 amide bonds. The average Bonchev–Trinajstić information content (AvgIpc) is 2.56. The van der Waals surface area contributed by atoms with Crippen molar-refractivity contribution >= 4 is 10.0 Å². The molecule has 1 N–H and O–H groups in total. The molecule has 2 aromatic rings. The molecule has 2 aromatic carbocycles. The van der Waals surface area contributed by atoms with Crippen LogP contribution in [0.4, 0.5) is 8.78 Å². The highest BCUT2D eigenvalue weighted by Crippen LogP contribution is 2.20. The second kappa shape index (κ2) is 8.70. The van der Waals surface area contributed by atoms with Gasteiger partial charge in [0.15, 0.2) is 0 Å².